The lowest BCUT2D eigenvalue weighted by molar-refractivity contribution is 0.440. The van der Waals surface area contributed by atoms with E-state index >= 15 is 0 Å². The van der Waals surface area contributed by atoms with Crippen molar-refractivity contribution in [2.24, 2.45) is 0 Å². The molecule has 0 bridgehead atoms. The van der Waals surface area contributed by atoms with E-state index in [0.717, 1.165) is 12.1 Å². The maximum atomic E-state index is 12.9. The maximum Gasteiger partial charge on any atom is 0.194 e. The maximum absolute atomic E-state index is 12.9. The van der Waals surface area contributed by atoms with Crippen molar-refractivity contribution in [1.29, 1.82) is 0 Å². The number of benzene rings is 2. The molecule has 1 heterocycles. The summed E-state index contributed by atoms with van der Waals surface area (Å²) in [4.78, 5) is 3.85. The molecule has 32 heavy (non-hydrogen) atoms. The van der Waals surface area contributed by atoms with Gasteiger partial charge in [-0.1, -0.05) is 20.8 Å². The Bertz CT molecular complexity index is 962. The fourth-order valence-corrected chi connectivity index (χ4v) is 2.42. The van der Waals surface area contributed by atoms with Gasteiger partial charge in [-0.25, -0.2) is 26.3 Å². The summed E-state index contributed by atoms with van der Waals surface area (Å²) >= 11 is 0. The van der Waals surface area contributed by atoms with Crippen molar-refractivity contribution < 1.29 is 26.3 Å². The van der Waals surface area contributed by atoms with E-state index in [4.69, 9.17) is 0 Å². The number of rotatable bonds is 1. The second kappa shape index (κ2) is 14.3. The monoisotopic (exact) mass is 457 g/mol. The van der Waals surface area contributed by atoms with Gasteiger partial charge < -0.3 is 0 Å². The Labute approximate surface area is 186 Å². The lowest BCUT2D eigenvalue weighted by atomic mass is 10.1. The third-order valence-electron chi connectivity index (χ3n) is 4.35. The zero-order valence-corrected chi connectivity index (χ0v) is 19.4. The van der Waals surface area contributed by atoms with Crippen molar-refractivity contribution >= 4 is 0 Å². The van der Waals surface area contributed by atoms with Crippen LogP contribution in [0.4, 0.5) is 26.3 Å². The van der Waals surface area contributed by atoms with E-state index in [1.165, 1.54) is 19.4 Å². The predicted octanol–water partition coefficient (Wildman–Crippen LogP) is 8.11. The molecular weight excluding hydrogens is 428 g/mol. The van der Waals surface area contributed by atoms with Gasteiger partial charge in [-0.15, -0.1) is 0 Å². The first-order valence-electron chi connectivity index (χ1n) is 10.1. The number of aromatic nitrogens is 1. The molecule has 1 nitrogen and oxygen atoms in total. The molecule has 176 valence electrons. The summed E-state index contributed by atoms with van der Waals surface area (Å²) in [6.07, 6.45) is 3.94. The highest BCUT2D eigenvalue weighted by atomic mass is 19.2. The second-order valence-corrected chi connectivity index (χ2v) is 6.59. The van der Waals surface area contributed by atoms with Crippen LogP contribution in [-0.2, 0) is 6.42 Å². The molecule has 3 aromatic rings. The van der Waals surface area contributed by atoms with Crippen LogP contribution in [0.2, 0.25) is 0 Å². The minimum Gasteiger partial charge on any atom is -0.265 e. The van der Waals surface area contributed by atoms with Crippen LogP contribution in [0, 0.1) is 62.6 Å². The molecule has 0 aliphatic rings. The highest BCUT2D eigenvalue weighted by Gasteiger charge is 2.14. The number of nitrogens with zero attached hydrogens (tertiary/aromatic N) is 1. The quantitative estimate of drug-likeness (QED) is 0.266. The smallest absolute Gasteiger partial charge is 0.194 e. The van der Waals surface area contributed by atoms with Gasteiger partial charge in [0.25, 0.3) is 0 Å². The molecule has 2 aromatic carbocycles. The third kappa shape index (κ3) is 8.36. The Morgan fingerprint density at radius 1 is 0.656 bits per heavy atom. The molecular formula is C25H29F6N. The number of hydrogen-bond donors (Lipinski definition) is 0. The first-order chi connectivity index (χ1) is 15.0. The predicted molar refractivity (Wildman–Crippen MR) is 117 cm³/mol. The van der Waals surface area contributed by atoms with Crippen LogP contribution in [-0.4, -0.2) is 4.98 Å². The molecule has 0 aliphatic heterocycles. The summed E-state index contributed by atoms with van der Waals surface area (Å²) in [6.45, 7) is 12.2. The van der Waals surface area contributed by atoms with E-state index in [0.29, 0.717) is 17.5 Å². The summed E-state index contributed by atoms with van der Waals surface area (Å²) < 4.78 is 75.5. The van der Waals surface area contributed by atoms with E-state index in [1.807, 2.05) is 32.9 Å². The fraction of sp³-hybridized carbons (Fsp3) is 0.320. The van der Waals surface area contributed by atoms with Crippen LogP contribution in [0.3, 0.4) is 0 Å². The molecule has 7 heteroatoms. The van der Waals surface area contributed by atoms with Crippen molar-refractivity contribution in [2.45, 2.75) is 54.9 Å². The van der Waals surface area contributed by atoms with Gasteiger partial charge >= 0.3 is 0 Å². The molecule has 3 rings (SSSR count). The van der Waals surface area contributed by atoms with Crippen molar-refractivity contribution in [2.75, 3.05) is 0 Å². The Morgan fingerprint density at radius 2 is 1.09 bits per heavy atom. The SMILES string of the molecule is CC.CCc1c(C)cc(F)c(F)c1F.Cc1cc(F)c(F)c(F)c1C.Cc1ccncc1. The fourth-order valence-electron chi connectivity index (χ4n) is 2.42. The summed E-state index contributed by atoms with van der Waals surface area (Å²) in [5.74, 6) is -7.18. The summed E-state index contributed by atoms with van der Waals surface area (Å²) in [5.41, 5.74) is 2.53. The number of halogens is 6. The van der Waals surface area contributed by atoms with Gasteiger partial charge in [-0.3, -0.25) is 4.98 Å². The molecule has 0 aliphatic carbocycles. The first-order valence-corrected chi connectivity index (χ1v) is 10.1. The molecule has 0 fully saturated rings. The zero-order chi connectivity index (χ0) is 25.0. The number of hydrogen-bond acceptors (Lipinski definition) is 1. The molecule has 0 amide bonds. The summed E-state index contributed by atoms with van der Waals surface area (Å²) in [7, 11) is 0. The van der Waals surface area contributed by atoms with Gasteiger partial charge in [-0.05, 0) is 86.2 Å². The van der Waals surface area contributed by atoms with Crippen molar-refractivity contribution in [3.63, 3.8) is 0 Å². The van der Waals surface area contributed by atoms with Crippen molar-refractivity contribution in [3.8, 4) is 0 Å². The average Bonchev–Trinajstić information content (AvgIpc) is 2.78. The largest absolute Gasteiger partial charge is 0.265 e. The van der Waals surface area contributed by atoms with Gasteiger partial charge in [0.05, 0.1) is 0 Å². The van der Waals surface area contributed by atoms with Gasteiger partial charge in [0.1, 0.15) is 0 Å². The first kappa shape index (κ1) is 29.2. The normalized spacial score (nSPS) is 9.53. The third-order valence-corrected chi connectivity index (χ3v) is 4.35. The van der Waals surface area contributed by atoms with Gasteiger partial charge in [-0.2, -0.15) is 0 Å². The summed E-state index contributed by atoms with van der Waals surface area (Å²) in [5, 5.41) is 0. The molecule has 0 radical (unpaired) electrons. The highest BCUT2D eigenvalue weighted by Crippen LogP contribution is 2.20. The van der Waals surface area contributed by atoms with E-state index in [1.54, 1.807) is 26.2 Å². The van der Waals surface area contributed by atoms with Crippen molar-refractivity contribution in [1.82, 2.24) is 4.98 Å². The van der Waals surface area contributed by atoms with Crippen molar-refractivity contribution in [3.05, 3.63) is 99.4 Å². The molecule has 0 saturated heterocycles. The lowest BCUT2D eigenvalue weighted by Crippen LogP contribution is -1.99. The lowest BCUT2D eigenvalue weighted by Gasteiger charge is -2.05. The molecule has 0 atom stereocenters. The Kier molecular flexibility index (Phi) is 13.0. The van der Waals surface area contributed by atoms with Crippen LogP contribution in [0.1, 0.15) is 48.6 Å². The molecule has 0 spiro atoms. The highest BCUT2D eigenvalue weighted by molar-refractivity contribution is 5.29. The standard InChI is InChI=1S/C9H9F3.C8H7F3.C6H7N.C2H6/c1-3-6-5(2)4-7(10)9(12)8(6)11;1-4-3-6(9)8(11)7(10)5(4)2;1-6-2-4-7-5-3-6;1-2/h4H,3H2,1-2H3;3H,1-2H3;2-5H,1H3;1-2H3. The molecule has 0 saturated carbocycles. The topological polar surface area (TPSA) is 12.9 Å². The van der Waals surface area contributed by atoms with E-state index < -0.39 is 34.9 Å². The number of pyridine rings is 1. The molecule has 0 unspecified atom stereocenters. The minimum atomic E-state index is -1.40. The zero-order valence-electron chi connectivity index (χ0n) is 19.4. The van der Waals surface area contributed by atoms with E-state index in [9.17, 15) is 26.3 Å². The van der Waals surface area contributed by atoms with E-state index in [-0.39, 0.29) is 11.1 Å². The van der Waals surface area contributed by atoms with Crippen LogP contribution in [0.5, 0.6) is 0 Å². The Hall–Kier alpha value is -2.83. The Balaban J connectivity index is 0.000000446. The van der Waals surface area contributed by atoms with Crippen LogP contribution >= 0.6 is 0 Å². The van der Waals surface area contributed by atoms with Gasteiger partial charge in [0.15, 0.2) is 34.9 Å². The van der Waals surface area contributed by atoms with Crippen LogP contribution in [0.25, 0.3) is 0 Å². The van der Waals surface area contributed by atoms with E-state index in [2.05, 4.69) is 4.98 Å². The van der Waals surface area contributed by atoms with Gasteiger partial charge in [0.2, 0.25) is 0 Å². The minimum absolute atomic E-state index is 0.156. The van der Waals surface area contributed by atoms with Crippen LogP contribution < -0.4 is 0 Å². The second-order valence-electron chi connectivity index (χ2n) is 6.59. The van der Waals surface area contributed by atoms with Crippen LogP contribution in [0.15, 0.2) is 36.7 Å². The van der Waals surface area contributed by atoms with Gasteiger partial charge in [0, 0.05) is 12.4 Å². The Morgan fingerprint density at radius 3 is 1.50 bits per heavy atom. The average molecular weight is 458 g/mol. The molecule has 1 aromatic heterocycles. The molecule has 0 N–H and O–H groups in total. The number of aryl methyl sites for hydroxylation is 3. The summed E-state index contributed by atoms with van der Waals surface area (Å²) in [6, 6.07) is 5.94.